The fourth-order valence-corrected chi connectivity index (χ4v) is 4.92. The lowest BCUT2D eigenvalue weighted by Crippen LogP contribution is -2.54. The molecule has 7 nitrogen and oxygen atoms in total. The van der Waals surface area contributed by atoms with Gasteiger partial charge in [0.1, 0.15) is 18.2 Å². The molecule has 2 aromatic carbocycles. The third-order valence-corrected chi connectivity index (χ3v) is 6.89. The maximum atomic E-state index is 13.5. The first-order valence-corrected chi connectivity index (χ1v) is 11.4. The van der Waals surface area contributed by atoms with Crippen LogP contribution in [0.25, 0.3) is 0 Å². The Kier molecular flexibility index (Phi) is 6.39. The summed E-state index contributed by atoms with van der Waals surface area (Å²) in [5.41, 5.74) is 0.516. The molecule has 4 rings (SSSR count). The van der Waals surface area contributed by atoms with Crippen molar-refractivity contribution in [1.29, 1.82) is 5.26 Å². The standard InChI is InChI=1S/C25H25ClN4O3/c1-17-7-5-6-12-25(17)23(32)30(24(33)28-25)16-22(31)29(15-18-8-3-2-4-9-18)21-13-20(26)11-10-19(21)14-27/h2-4,8-11,13,17H,5-7,12,15-16H2,1H3,(H,28,33)/t17-,25+/m1/s1. The average molecular weight is 465 g/mol. The summed E-state index contributed by atoms with van der Waals surface area (Å²) in [4.78, 5) is 42.1. The van der Waals surface area contributed by atoms with E-state index >= 15 is 0 Å². The molecule has 2 atom stereocenters. The first-order chi connectivity index (χ1) is 15.9. The Morgan fingerprint density at radius 3 is 2.70 bits per heavy atom. The molecule has 170 valence electrons. The van der Waals surface area contributed by atoms with Crippen LogP contribution in [0, 0.1) is 17.2 Å². The first-order valence-electron chi connectivity index (χ1n) is 11.0. The number of carbonyl (C=O) groups is 3. The topological polar surface area (TPSA) is 93.5 Å². The van der Waals surface area contributed by atoms with Crippen molar-refractivity contribution in [2.75, 3.05) is 11.4 Å². The number of imide groups is 1. The van der Waals surface area contributed by atoms with E-state index < -0.39 is 24.0 Å². The van der Waals surface area contributed by atoms with Gasteiger partial charge in [-0.2, -0.15) is 5.26 Å². The number of hydrogen-bond acceptors (Lipinski definition) is 4. The molecule has 0 aromatic heterocycles. The van der Waals surface area contributed by atoms with Crippen molar-refractivity contribution in [2.45, 2.75) is 44.7 Å². The van der Waals surface area contributed by atoms with E-state index in [1.807, 2.05) is 37.3 Å². The van der Waals surface area contributed by atoms with E-state index in [0.717, 1.165) is 29.7 Å². The maximum absolute atomic E-state index is 13.5. The highest BCUT2D eigenvalue weighted by Gasteiger charge is 2.55. The molecule has 1 aliphatic carbocycles. The second kappa shape index (κ2) is 9.24. The number of benzene rings is 2. The molecule has 1 N–H and O–H groups in total. The van der Waals surface area contributed by atoms with Crippen molar-refractivity contribution in [3.63, 3.8) is 0 Å². The van der Waals surface area contributed by atoms with Crippen LogP contribution >= 0.6 is 11.6 Å². The molecular formula is C25H25ClN4O3. The Hall–Kier alpha value is -3.37. The number of amides is 4. The zero-order chi connectivity index (χ0) is 23.6. The van der Waals surface area contributed by atoms with Gasteiger partial charge in [0.25, 0.3) is 5.91 Å². The lowest BCUT2D eigenvalue weighted by molar-refractivity contribution is -0.136. The van der Waals surface area contributed by atoms with Crippen molar-refractivity contribution < 1.29 is 14.4 Å². The minimum absolute atomic E-state index is 0.00125. The van der Waals surface area contributed by atoms with E-state index in [1.54, 1.807) is 18.2 Å². The normalized spacial score (nSPS) is 22.2. The van der Waals surface area contributed by atoms with Crippen LogP contribution < -0.4 is 10.2 Å². The Labute approximate surface area is 197 Å². The largest absolute Gasteiger partial charge is 0.325 e. The number of anilines is 1. The SMILES string of the molecule is C[C@@H]1CCCC[C@]12NC(=O)N(CC(=O)N(Cc1ccccc1)c1cc(Cl)ccc1C#N)C2=O. The van der Waals surface area contributed by atoms with Gasteiger partial charge in [-0.15, -0.1) is 0 Å². The highest BCUT2D eigenvalue weighted by atomic mass is 35.5. The van der Waals surface area contributed by atoms with Crippen molar-refractivity contribution in [3.05, 3.63) is 64.7 Å². The van der Waals surface area contributed by atoms with Crippen LogP contribution in [0.15, 0.2) is 48.5 Å². The molecule has 1 saturated heterocycles. The van der Waals surface area contributed by atoms with Gasteiger partial charge in [0, 0.05) is 5.02 Å². The molecule has 1 saturated carbocycles. The Morgan fingerprint density at radius 1 is 1.24 bits per heavy atom. The summed E-state index contributed by atoms with van der Waals surface area (Å²) in [7, 11) is 0. The number of nitriles is 1. The average Bonchev–Trinajstić information content (AvgIpc) is 3.05. The van der Waals surface area contributed by atoms with Crippen LogP contribution in [0.3, 0.4) is 0 Å². The van der Waals surface area contributed by atoms with E-state index in [1.165, 1.54) is 4.90 Å². The second-order valence-corrected chi connectivity index (χ2v) is 9.11. The third-order valence-electron chi connectivity index (χ3n) is 6.65. The molecule has 0 unspecified atom stereocenters. The maximum Gasteiger partial charge on any atom is 0.325 e. The zero-order valence-corrected chi connectivity index (χ0v) is 19.1. The molecule has 0 bridgehead atoms. The lowest BCUT2D eigenvalue weighted by Gasteiger charge is -2.36. The molecular weight excluding hydrogens is 440 g/mol. The van der Waals surface area contributed by atoms with E-state index in [9.17, 15) is 19.6 Å². The van der Waals surface area contributed by atoms with Gasteiger partial charge in [0.15, 0.2) is 0 Å². The van der Waals surface area contributed by atoms with Crippen LogP contribution in [-0.4, -0.2) is 34.8 Å². The fraction of sp³-hybridized carbons (Fsp3) is 0.360. The summed E-state index contributed by atoms with van der Waals surface area (Å²) in [5.74, 6) is -0.817. The van der Waals surface area contributed by atoms with Gasteiger partial charge in [-0.25, -0.2) is 4.79 Å². The van der Waals surface area contributed by atoms with Gasteiger partial charge in [-0.3, -0.25) is 14.5 Å². The van der Waals surface area contributed by atoms with Crippen molar-refractivity contribution >= 4 is 35.1 Å². The van der Waals surface area contributed by atoms with Crippen LogP contribution in [0.5, 0.6) is 0 Å². The van der Waals surface area contributed by atoms with E-state index in [2.05, 4.69) is 11.4 Å². The third kappa shape index (κ3) is 4.31. The number of urea groups is 1. The quantitative estimate of drug-likeness (QED) is 0.669. The van der Waals surface area contributed by atoms with Gasteiger partial charge >= 0.3 is 6.03 Å². The van der Waals surface area contributed by atoms with Crippen LogP contribution in [0.1, 0.15) is 43.7 Å². The Balaban J connectivity index is 1.65. The summed E-state index contributed by atoms with van der Waals surface area (Å²) in [6, 6.07) is 15.5. The zero-order valence-electron chi connectivity index (χ0n) is 18.4. The molecule has 2 aliphatic rings. The number of carbonyl (C=O) groups excluding carboxylic acids is 3. The van der Waals surface area contributed by atoms with Crippen LogP contribution in [0.4, 0.5) is 10.5 Å². The molecule has 33 heavy (non-hydrogen) atoms. The minimum Gasteiger partial charge on any atom is -0.323 e. The van der Waals surface area contributed by atoms with Gasteiger partial charge in [0.05, 0.1) is 17.8 Å². The number of halogens is 1. The first kappa shape index (κ1) is 22.8. The molecule has 8 heteroatoms. The molecule has 0 radical (unpaired) electrons. The molecule has 1 aliphatic heterocycles. The summed E-state index contributed by atoms with van der Waals surface area (Å²) in [6.07, 6.45) is 3.29. The number of rotatable bonds is 5. The van der Waals surface area contributed by atoms with Gasteiger partial charge in [-0.1, -0.05) is 61.7 Å². The highest BCUT2D eigenvalue weighted by molar-refractivity contribution is 6.31. The van der Waals surface area contributed by atoms with Crippen molar-refractivity contribution in [1.82, 2.24) is 10.2 Å². The minimum atomic E-state index is -0.937. The summed E-state index contributed by atoms with van der Waals surface area (Å²) in [5, 5.41) is 12.9. The van der Waals surface area contributed by atoms with E-state index in [4.69, 9.17) is 11.6 Å². The summed E-state index contributed by atoms with van der Waals surface area (Å²) < 4.78 is 0. The van der Waals surface area contributed by atoms with Crippen LogP contribution in [-0.2, 0) is 16.1 Å². The number of nitrogens with one attached hydrogen (secondary N) is 1. The van der Waals surface area contributed by atoms with Crippen molar-refractivity contribution in [2.24, 2.45) is 5.92 Å². The Bertz CT molecular complexity index is 1130. The highest BCUT2D eigenvalue weighted by Crippen LogP contribution is 2.38. The fourth-order valence-electron chi connectivity index (χ4n) is 4.76. The predicted octanol–water partition coefficient (Wildman–Crippen LogP) is 4.25. The molecule has 2 aromatic rings. The predicted molar refractivity (Wildman–Crippen MR) is 124 cm³/mol. The molecule has 1 spiro atoms. The monoisotopic (exact) mass is 464 g/mol. The molecule has 2 fully saturated rings. The number of hydrogen-bond donors (Lipinski definition) is 1. The Morgan fingerprint density at radius 2 is 2.00 bits per heavy atom. The van der Waals surface area contributed by atoms with E-state index in [0.29, 0.717) is 17.1 Å². The summed E-state index contributed by atoms with van der Waals surface area (Å²) in [6.45, 7) is 1.72. The van der Waals surface area contributed by atoms with Gasteiger partial charge in [0.2, 0.25) is 5.91 Å². The smallest absolute Gasteiger partial charge is 0.323 e. The van der Waals surface area contributed by atoms with Crippen LogP contribution in [0.2, 0.25) is 5.02 Å². The van der Waals surface area contributed by atoms with Gasteiger partial charge < -0.3 is 10.2 Å². The number of nitrogens with zero attached hydrogens (tertiary/aromatic N) is 3. The van der Waals surface area contributed by atoms with E-state index in [-0.39, 0.29) is 23.9 Å². The molecule has 4 amide bonds. The lowest BCUT2D eigenvalue weighted by atomic mass is 9.73. The summed E-state index contributed by atoms with van der Waals surface area (Å²) >= 11 is 6.18. The molecule has 1 heterocycles. The van der Waals surface area contributed by atoms with Crippen molar-refractivity contribution in [3.8, 4) is 6.07 Å². The second-order valence-electron chi connectivity index (χ2n) is 8.68. The van der Waals surface area contributed by atoms with Gasteiger partial charge in [-0.05, 0) is 42.5 Å².